The van der Waals surface area contributed by atoms with Gasteiger partial charge in [-0.1, -0.05) is 0 Å². The SMILES string of the molecule is Cc1nc(C(=O)Nc2cn3cc(C4CCOCC4)nc3cc2OC(C)C)co1. The zero-order valence-corrected chi connectivity index (χ0v) is 16.3. The van der Waals surface area contributed by atoms with Gasteiger partial charge < -0.3 is 23.6 Å². The molecule has 4 heterocycles. The maximum Gasteiger partial charge on any atom is 0.277 e. The number of nitrogens with one attached hydrogen (secondary N) is 1. The Labute approximate surface area is 162 Å². The molecule has 8 heteroatoms. The van der Waals surface area contributed by atoms with Gasteiger partial charge in [0, 0.05) is 44.5 Å². The molecule has 0 bridgehead atoms. The minimum absolute atomic E-state index is 0.0441. The molecule has 0 aliphatic carbocycles. The Morgan fingerprint density at radius 1 is 1.29 bits per heavy atom. The van der Waals surface area contributed by atoms with Crippen LogP contribution >= 0.6 is 0 Å². The smallest absolute Gasteiger partial charge is 0.277 e. The van der Waals surface area contributed by atoms with Crippen LogP contribution in [-0.4, -0.2) is 39.6 Å². The number of imidazole rings is 1. The second-order valence-electron chi connectivity index (χ2n) is 7.24. The van der Waals surface area contributed by atoms with E-state index in [0.29, 0.717) is 23.2 Å². The van der Waals surface area contributed by atoms with Gasteiger partial charge in [-0.3, -0.25) is 4.79 Å². The average molecular weight is 384 g/mol. The molecular weight excluding hydrogens is 360 g/mol. The second-order valence-corrected chi connectivity index (χ2v) is 7.24. The van der Waals surface area contributed by atoms with Crippen LogP contribution in [0.15, 0.2) is 29.1 Å². The highest BCUT2D eigenvalue weighted by molar-refractivity contribution is 6.03. The van der Waals surface area contributed by atoms with Crippen LogP contribution in [0.5, 0.6) is 5.75 Å². The van der Waals surface area contributed by atoms with Crippen molar-refractivity contribution in [2.45, 2.75) is 45.6 Å². The van der Waals surface area contributed by atoms with Gasteiger partial charge in [-0.25, -0.2) is 9.97 Å². The van der Waals surface area contributed by atoms with Gasteiger partial charge >= 0.3 is 0 Å². The number of carbonyl (C=O) groups excluding carboxylic acids is 1. The van der Waals surface area contributed by atoms with Crippen molar-refractivity contribution in [1.82, 2.24) is 14.4 Å². The van der Waals surface area contributed by atoms with E-state index in [2.05, 4.69) is 10.3 Å². The number of fused-ring (bicyclic) bond motifs is 1. The molecule has 1 saturated heterocycles. The first-order valence-electron chi connectivity index (χ1n) is 9.50. The van der Waals surface area contributed by atoms with Crippen LogP contribution in [0.4, 0.5) is 5.69 Å². The van der Waals surface area contributed by atoms with Crippen molar-refractivity contribution < 1.29 is 18.7 Å². The summed E-state index contributed by atoms with van der Waals surface area (Å²) in [6, 6.07) is 1.85. The van der Waals surface area contributed by atoms with Crippen LogP contribution in [0.25, 0.3) is 5.65 Å². The molecule has 1 aliphatic heterocycles. The lowest BCUT2D eigenvalue weighted by Crippen LogP contribution is -2.15. The van der Waals surface area contributed by atoms with Crippen molar-refractivity contribution in [1.29, 1.82) is 0 Å². The molecular formula is C20H24N4O4. The number of hydrogen-bond acceptors (Lipinski definition) is 6. The van der Waals surface area contributed by atoms with Crippen LogP contribution < -0.4 is 10.1 Å². The molecule has 0 saturated carbocycles. The molecule has 3 aromatic rings. The molecule has 4 rings (SSSR count). The zero-order valence-electron chi connectivity index (χ0n) is 16.3. The lowest BCUT2D eigenvalue weighted by atomic mass is 9.97. The molecule has 28 heavy (non-hydrogen) atoms. The van der Waals surface area contributed by atoms with Gasteiger partial charge in [0.15, 0.2) is 11.6 Å². The third-order valence-electron chi connectivity index (χ3n) is 4.68. The third-order valence-corrected chi connectivity index (χ3v) is 4.68. The summed E-state index contributed by atoms with van der Waals surface area (Å²) >= 11 is 0. The van der Waals surface area contributed by atoms with E-state index < -0.39 is 0 Å². The van der Waals surface area contributed by atoms with Crippen LogP contribution in [0.1, 0.15) is 54.7 Å². The number of anilines is 1. The summed E-state index contributed by atoms with van der Waals surface area (Å²) in [7, 11) is 0. The van der Waals surface area contributed by atoms with Crippen molar-refractivity contribution in [3.8, 4) is 5.75 Å². The molecule has 0 atom stereocenters. The molecule has 3 aromatic heterocycles. The quantitative estimate of drug-likeness (QED) is 0.723. The highest BCUT2D eigenvalue weighted by Crippen LogP contribution is 2.31. The van der Waals surface area contributed by atoms with Gasteiger partial charge in [0.1, 0.15) is 23.3 Å². The van der Waals surface area contributed by atoms with Crippen LogP contribution in [0.2, 0.25) is 0 Å². The number of ether oxygens (including phenoxy) is 2. The minimum atomic E-state index is -0.352. The number of pyridine rings is 1. The molecule has 1 aliphatic rings. The Kier molecular flexibility index (Phi) is 5.04. The molecule has 0 unspecified atom stereocenters. The Hall–Kier alpha value is -2.87. The van der Waals surface area contributed by atoms with Gasteiger partial charge in [-0.05, 0) is 26.7 Å². The molecule has 1 amide bonds. The number of aryl methyl sites for hydroxylation is 1. The highest BCUT2D eigenvalue weighted by Gasteiger charge is 2.21. The third kappa shape index (κ3) is 3.87. The summed E-state index contributed by atoms with van der Waals surface area (Å²) in [6.45, 7) is 7.10. The Balaban J connectivity index is 1.67. The largest absolute Gasteiger partial charge is 0.489 e. The molecule has 1 N–H and O–H groups in total. The number of carbonyl (C=O) groups is 1. The normalized spacial score (nSPS) is 15.3. The first kappa shape index (κ1) is 18.5. The van der Waals surface area contributed by atoms with Gasteiger partial charge in [0.2, 0.25) is 0 Å². The van der Waals surface area contributed by atoms with Crippen molar-refractivity contribution >= 4 is 17.2 Å². The van der Waals surface area contributed by atoms with Crippen LogP contribution in [-0.2, 0) is 4.74 Å². The maximum absolute atomic E-state index is 12.5. The van der Waals surface area contributed by atoms with E-state index in [1.54, 1.807) is 6.92 Å². The van der Waals surface area contributed by atoms with E-state index >= 15 is 0 Å². The Morgan fingerprint density at radius 2 is 2.07 bits per heavy atom. The van der Waals surface area contributed by atoms with Gasteiger partial charge in [-0.2, -0.15) is 0 Å². The average Bonchev–Trinajstić information content (AvgIpc) is 3.28. The van der Waals surface area contributed by atoms with E-state index in [1.807, 2.05) is 36.7 Å². The van der Waals surface area contributed by atoms with Gasteiger partial charge in [0.25, 0.3) is 5.91 Å². The van der Waals surface area contributed by atoms with E-state index in [-0.39, 0.29) is 17.7 Å². The number of rotatable bonds is 5. The lowest BCUT2D eigenvalue weighted by molar-refractivity contribution is 0.0846. The number of hydrogen-bond donors (Lipinski definition) is 1. The molecule has 8 nitrogen and oxygen atoms in total. The van der Waals surface area contributed by atoms with E-state index in [0.717, 1.165) is 37.4 Å². The molecule has 0 aromatic carbocycles. The predicted octanol–water partition coefficient (Wildman–Crippen LogP) is 3.56. The zero-order chi connectivity index (χ0) is 19.7. The monoisotopic (exact) mass is 384 g/mol. The van der Waals surface area contributed by atoms with Crippen LogP contribution in [0.3, 0.4) is 0 Å². The minimum Gasteiger partial charge on any atom is -0.489 e. The van der Waals surface area contributed by atoms with Crippen molar-refractivity contribution in [2.75, 3.05) is 18.5 Å². The van der Waals surface area contributed by atoms with Crippen molar-refractivity contribution in [2.24, 2.45) is 0 Å². The number of nitrogens with zero attached hydrogens (tertiary/aromatic N) is 3. The maximum atomic E-state index is 12.5. The molecule has 148 valence electrons. The standard InChI is InChI=1S/C20H24N4O4/c1-12(2)28-18-8-19-22-15(14-4-6-26-7-5-14)9-24(19)10-16(18)23-20(25)17-11-27-13(3)21-17/h8-12,14H,4-7H2,1-3H3,(H,23,25). The number of aromatic nitrogens is 3. The van der Waals surface area contributed by atoms with Crippen molar-refractivity contribution in [3.63, 3.8) is 0 Å². The first-order valence-corrected chi connectivity index (χ1v) is 9.50. The van der Waals surface area contributed by atoms with E-state index in [9.17, 15) is 4.79 Å². The summed E-state index contributed by atoms with van der Waals surface area (Å²) in [4.78, 5) is 21.4. The summed E-state index contributed by atoms with van der Waals surface area (Å²) in [5.74, 6) is 1.05. The summed E-state index contributed by atoms with van der Waals surface area (Å²) in [5, 5.41) is 2.87. The van der Waals surface area contributed by atoms with Crippen molar-refractivity contribution in [3.05, 3.63) is 42.0 Å². The van der Waals surface area contributed by atoms with Gasteiger partial charge in [0.05, 0.1) is 11.8 Å². The first-order chi connectivity index (χ1) is 13.5. The highest BCUT2D eigenvalue weighted by atomic mass is 16.5. The predicted molar refractivity (Wildman–Crippen MR) is 103 cm³/mol. The van der Waals surface area contributed by atoms with E-state index in [4.69, 9.17) is 18.9 Å². The summed E-state index contributed by atoms with van der Waals surface area (Å²) in [6.07, 6.45) is 7.07. The fraction of sp³-hybridized carbons (Fsp3) is 0.450. The number of amides is 1. The topological polar surface area (TPSA) is 90.9 Å². The molecule has 1 fully saturated rings. The second kappa shape index (κ2) is 7.63. The lowest BCUT2D eigenvalue weighted by Gasteiger charge is -2.19. The van der Waals surface area contributed by atoms with Crippen LogP contribution in [0, 0.1) is 6.92 Å². The Morgan fingerprint density at radius 3 is 2.75 bits per heavy atom. The molecule has 0 spiro atoms. The fourth-order valence-electron chi connectivity index (χ4n) is 3.32. The van der Waals surface area contributed by atoms with E-state index in [1.165, 1.54) is 6.26 Å². The van der Waals surface area contributed by atoms with Gasteiger partial charge in [-0.15, -0.1) is 0 Å². The summed E-state index contributed by atoms with van der Waals surface area (Å²) < 4.78 is 18.4. The summed E-state index contributed by atoms with van der Waals surface area (Å²) in [5.41, 5.74) is 2.60. The fourth-order valence-corrected chi connectivity index (χ4v) is 3.32. The Bertz CT molecular complexity index is 985. The number of oxazole rings is 1. The molecule has 0 radical (unpaired) electrons.